The summed E-state index contributed by atoms with van der Waals surface area (Å²) in [6, 6.07) is 28.5. The Balaban J connectivity index is 1.24. The molecule has 0 aliphatic heterocycles. The van der Waals surface area contributed by atoms with Crippen molar-refractivity contribution in [3.05, 3.63) is 108 Å². The van der Waals surface area contributed by atoms with Crippen molar-refractivity contribution in [2.45, 2.75) is 56.4 Å². The lowest BCUT2D eigenvalue weighted by molar-refractivity contribution is -0.147. The first-order chi connectivity index (χ1) is 19.7. The molecule has 1 aromatic heterocycles. The zero-order valence-corrected chi connectivity index (χ0v) is 24.0. The minimum Gasteiger partial charge on any atom is -0.459 e. The largest absolute Gasteiger partial charge is 0.459 e. The van der Waals surface area contributed by atoms with Gasteiger partial charge in [-0.3, -0.25) is 0 Å². The number of benzene rings is 3. The van der Waals surface area contributed by atoms with Crippen molar-refractivity contribution in [2.24, 2.45) is 0 Å². The topological polar surface area (TPSA) is 77.5 Å². The summed E-state index contributed by atoms with van der Waals surface area (Å²) in [7, 11) is 3.49. The maximum absolute atomic E-state index is 13.1. The van der Waals surface area contributed by atoms with Crippen LogP contribution in [0.25, 0.3) is 10.8 Å². The Kier molecular flexibility index (Phi) is 12.2. The molecule has 0 aliphatic rings. The molecule has 4 aromatic rings. The Labute approximate surface area is 243 Å². The molecule has 0 saturated heterocycles. The number of pyridine rings is 1. The van der Waals surface area contributed by atoms with E-state index in [1.165, 1.54) is 0 Å². The number of unbranched alkanes of at least 4 members (excludes halogenated alkanes) is 3. The van der Waals surface area contributed by atoms with Crippen LogP contribution in [-0.4, -0.2) is 28.8 Å². The summed E-state index contributed by atoms with van der Waals surface area (Å²) in [5, 5.41) is 5.89. The van der Waals surface area contributed by atoms with Gasteiger partial charge in [-0.2, -0.15) is 0 Å². The second-order valence-corrected chi connectivity index (χ2v) is 11.7. The number of alkyl carbamates (subject to hydrolysis) is 1. The van der Waals surface area contributed by atoms with Crippen molar-refractivity contribution in [2.75, 3.05) is 5.75 Å². The number of aromatic nitrogens is 1. The molecule has 0 radical (unpaired) electrons. The number of nitrogens with one attached hydrogen (secondary N) is 1. The SMILES string of the molecule is O=C(N[C@@H](CCCCCCSSc1ccccn1)C(=O)OCc1cccc2ccccc12)OCc1ccccc1. The van der Waals surface area contributed by atoms with Crippen molar-refractivity contribution < 1.29 is 19.1 Å². The average molecular weight is 575 g/mol. The van der Waals surface area contributed by atoms with Gasteiger partial charge < -0.3 is 14.8 Å². The zero-order valence-electron chi connectivity index (χ0n) is 22.4. The van der Waals surface area contributed by atoms with Gasteiger partial charge in [-0.15, -0.1) is 0 Å². The highest BCUT2D eigenvalue weighted by atomic mass is 33.1. The molecule has 1 N–H and O–H groups in total. The fourth-order valence-corrected chi connectivity index (χ4v) is 6.21. The smallest absolute Gasteiger partial charge is 0.408 e. The van der Waals surface area contributed by atoms with Gasteiger partial charge >= 0.3 is 12.1 Å². The second-order valence-electron chi connectivity index (χ2n) is 9.28. The van der Waals surface area contributed by atoms with E-state index in [1.807, 2.05) is 91.0 Å². The molecule has 8 heteroatoms. The molecule has 0 fully saturated rings. The van der Waals surface area contributed by atoms with E-state index >= 15 is 0 Å². The lowest BCUT2D eigenvalue weighted by Crippen LogP contribution is -2.42. The van der Waals surface area contributed by atoms with Crippen LogP contribution in [0.3, 0.4) is 0 Å². The number of nitrogens with zero attached hydrogens (tertiary/aromatic N) is 1. The molecule has 0 saturated carbocycles. The van der Waals surface area contributed by atoms with Crippen LogP contribution >= 0.6 is 21.6 Å². The van der Waals surface area contributed by atoms with Gasteiger partial charge in [0.2, 0.25) is 0 Å². The highest BCUT2D eigenvalue weighted by Gasteiger charge is 2.23. The number of ether oxygens (including phenoxy) is 2. The molecule has 4 rings (SSSR count). The van der Waals surface area contributed by atoms with Crippen molar-refractivity contribution in [3.8, 4) is 0 Å². The van der Waals surface area contributed by atoms with Gasteiger partial charge in [0.1, 0.15) is 24.3 Å². The molecule has 0 unspecified atom stereocenters. The number of hydrogen-bond donors (Lipinski definition) is 1. The molecule has 1 amide bonds. The quantitative estimate of drug-likeness (QED) is 0.0876. The average Bonchev–Trinajstić information content (AvgIpc) is 3.00. The predicted molar refractivity (Wildman–Crippen MR) is 163 cm³/mol. The number of fused-ring (bicyclic) bond motifs is 1. The summed E-state index contributed by atoms with van der Waals surface area (Å²) in [5.74, 6) is 0.578. The molecule has 1 atom stereocenters. The number of hydrogen-bond acceptors (Lipinski definition) is 7. The Morgan fingerprint density at radius 3 is 2.40 bits per heavy atom. The van der Waals surface area contributed by atoms with Crippen LogP contribution in [-0.2, 0) is 27.5 Å². The third kappa shape index (κ3) is 9.92. The van der Waals surface area contributed by atoms with Gasteiger partial charge in [0, 0.05) is 11.9 Å². The monoisotopic (exact) mass is 574 g/mol. The van der Waals surface area contributed by atoms with E-state index < -0.39 is 18.1 Å². The first-order valence-electron chi connectivity index (χ1n) is 13.5. The van der Waals surface area contributed by atoms with E-state index in [-0.39, 0.29) is 13.2 Å². The Morgan fingerprint density at radius 2 is 1.55 bits per heavy atom. The van der Waals surface area contributed by atoms with Crippen molar-refractivity contribution in [1.29, 1.82) is 0 Å². The van der Waals surface area contributed by atoms with E-state index in [4.69, 9.17) is 9.47 Å². The van der Waals surface area contributed by atoms with Crippen molar-refractivity contribution in [1.82, 2.24) is 10.3 Å². The standard InChI is InChI=1S/C32H34N2O4S2/c35-31(37-24-27-17-12-16-26-15-7-8-18-28(26)27)29(34-32(36)38-23-25-13-4-3-5-14-25)19-6-1-2-11-22-39-40-30-20-9-10-21-33-30/h3-5,7-10,12-18,20-21,29H,1-2,6,11,19,22-24H2,(H,34,36)/t29-/m0/s1. The molecule has 208 valence electrons. The van der Waals surface area contributed by atoms with E-state index in [0.717, 1.165) is 58.4 Å². The van der Waals surface area contributed by atoms with E-state index in [1.54, 1.807) is 27.8 Å². The summed E-state index contributed by atoms with van der Waals surface area (Å²) in [6.07, 6.45) is 5.55. The molecule has 0 bridgehead atoms. The van der Waals surface area contributed by atoms with Crippen LogP contribution < -0.4 is 5.32 Å². The lowest BCUT2D eigenvalue weighted by Gasteiger charge is -2.18. The van der Waals surface area contributed by atoms with Gasteiger partial charge in [0.25, 0.3) is 0 Å². The van der Waals surface area contributed by atoms with E-state index in [2.05, 4.69) is 10.3 Å². The number of rotatable bonds is 15. The summed E-state index contributed by atoms with van der Waals surface area (Å²) < 4.78 is 11.1. The predicted octanol–water partition coefficient (Wildman–Crippen LogP) is 7.96. The maximum atomic E-state index is 13.1. The molecule has 3 aromatic carbocycles. The van der Waals surface area contributed by atoms with Crippen LogP contribution in [0.2, 0.25) is 0 Å². The van der Waals surface area contributed by atoms with Crippen LogP contribution in [0.15, 0.2) is 102 Å². The normalized spacial score (nSPS) is 11.6. The Bertz CT molecular complexity index is 1330. The summed E-state index contributed by atoms with van der Waals surface area (Å²) in [4.78, 5) is 30.0. The van der Waals surface area contributed by atoms with Crippen LogP contribution in [0.1, 0.15) is 43.2 Å². The van der Waals surface area contributed by atoms with Crippen LogP contribution in [0, 0.1) is 0 Å². The molecule has 6 nitrogen and oxygen atoms in total. The zero-order chi connectivity index (χ0) is 27.8. The first kappa shape index (κ1) is 29.5. The third-order valence-corrected chi connectivity index (χ3v) is 8.64. The number of carbonyl (C=O) groups excluding carboxylic acids is 2. The highest BCUT2D eigenvalue weighted by molar-refractivity contribution is 8.76. The summed E-state index contributed by atoms with van der Waals surface area (Å²) in [6.45, 7) is 0.279. The molecular weight excluding hydrogens is 540 g/mol. The van der Waals surface area contributed by atoms with E-state index in [0.29, 0.717) is 6.42 Å². The fourth-order valence-electron chi connectivity index (χ4n) is 4.19. The number of amides is 1. The Morgan fingerprint density at radius 1 is 0.775 bits per heavy atom. The van der Waals surface area contributed by atoms with Crippen molar-refractivity contribution in [3.63, 3.8) is 0 Å². The third-order valence-electron chi connectivity index (χ3n) is 6.29. The second kappa shape index (κ2) is 16.6. The van der Waals surface area contributed by atoms with Crippen LogP contribution in [0.5, 0.6) is 0 Å². The van der Waals surface area contributed by atoms with Gasteiger partial charge in [0.05, 0.1) is 0 Å². The molecule has 0 aliphatic carbocycles. The minimum atomic E-state index is -0.771. The number of carbonyl (C=O) groups is 2. The Hall–Kier alpha value is -3.49. The van der Waals surface area contributed by atoms with Gasteiger partial charge in [-0.25, -0.2) is 14.6 Å². The van der Waals surface area contributed by atoms with Gasteiger partial charge in [-0.1, -0.05) is 109 Å². The fraction of sp³-hybridized carbons (Fsp3) is 0.281. The van der Waals surface area contributed by atoms with E-state index in [9.17, 15) is 9.59 Å². The molecule has 1 heterocycles. The summed E-state index contributed by atoms with van der Waals surface area (Å²) in [5.41, 5.74) is 1.81. The maximum Gasteiger partial charge on any atom is 0.408 e. The van der Waals surface area contributed by atoms with Gasteiger partial charge in [0.15, 0.2) is 0 Å². The molecule has 0 spiro atoms. The van der Waals surface area contributed by atoms with Crippen molar-refractivity contribution >= 4 is 44.4 Å². The van der Waals surface area contributed by atoms with Crippen LogP contribution in [0.4, 0.5) is 4.79 Å². The highest BCUT2D eigenvalue weighted by Crippen LogP contribution is 2.30. The molecular formula is C32H34N2O4S2. The number of esters is 1. The summed E-state index contributed by atoms with van der Waals surface area (Å²) >= 11 is 0. The minimum absolute atomic E-state index is 0.138. The lowest BCUT2D eigenvalue weighted by atomic mass is 10.1. The van der Waals surface area contributed by atoms with Gasteiger partial charge in [-0.05, 0) is 57.7 Å². The first-order valence-corrected chi connectivity index (χ1v) is 15.8. The molecule has 40 heavy (non-hydrogen) atoms.